The summed E-state index contributed by atoms with van der Waals surface area (Å²) in [6, 6.07) is 7.76. The molecule has 6 nitrogen and oxygen atoms in total. The molecule has 0 aliphatic heterocycles. The van der Waals surface area contributed by atoms with E-state index in [2.05, 4.69) is 10.5 Å². The van der Waals surface area contributed by atoms with Crippen LogP contribution in [-0.4, -0.2) is 22.1 Å². The van der Waals surface area contributed by atoms with E-state index in [4.69, 9.17) is 16.1 Å². The molecule has 22 heavy (non-hydrogen) atoms. The van der Waals surface area contributed by atoms with Crippen LogP contribution in [-0.2, 0) is 10.3 Å². The number of carbonyl (C=O) groups is 2. The first kappa shape index (κ1) is 16.0. The molecule has 1 aromatic heterocycles. The Balaban J connectivity index is 2.39. The smallest absolute Gasteiger partial charge is 0.334 e. The second-order valence-electron chi connectivity index (χ2n) is 4.85. The van der Waals surface area contributed by atoms with Gasteiger partial charge in [0.05, 0.1) is 0 Å². The fourth-order valence-electron chi connectivity index (χ4n) is 2.16. The summed E-state index contributed by atoms with van der Waals surface area (Å²) in [7, 11) is 0. The van der Waals surface area contributed by atoms with E-state index >= 15 is 0 Å². The van der Waals surface area contributed by atoms with Crippen molar-refractivity contribution in [3.63, 3.8) is 0 Å². The van der Waals surface area contributed by atoms with Crippen LogP contribution in [0.3, 0.4) is 0 Å². The number of carboxylic acid groups (broad SMARTS) is 1. The summed E-state index contributed by atoms with van der Waals surface area (Å²) in [6.07, 6.45) is 0.159. The normalized spacial score (nSPS) is 13.4. The molecule has 0 saturated heterocycles. The maximum absolute atomic E-state index is 12.3. The summed E-state index contributed by atoms with van der Waals surface area (Å²) in [5.74, 6) is -1.31. The molecule has 0 spiro atoms. The molecule has 2 rings (SSSR count). The second kappa shape index (κ2) is 6.19. The maximum Gasteiger partial charge on any atom is 0.334 e. The van der Waals surface area contributed by atoms with Gasteiger partial charge in [0, 0.05) is 11.1 Å². The summed E-state index contributed by atoms with van der Waals surface area (Å²) >= 11 is 5.83. The van der Waals surface area contributed by atoms with Gasteiger partial charge in [-0.25, -0.2) is 4.79 Å². The van der Waals surface area contributed by atoms with Crippen molar-refractivity contribution in [3.05, 3.63) is 52.4 Å². The van der Waals surface area contributed by atoms with E-state index in [1.807, 2.05) is 0 Å². The molecule has 0 radical (unpaired) electrons. The quantitative estimate of drug-likeness (QED) is 0.883. The van der Waals surface area contributed by atoms with Gasteiger partial charge in [0.15, 0.2) is 11.2 Å². The number of aromatic nitrogens is 1. The number of hydrogen-bond acceptors (Lipinski definition) is 4. The number of nitrogens with zero attached hydrogens (tertiary/aromatic N) is 1. The van der Waals surface area contributed by atoms with Gasteiger partial charge >= 0.3 is 5.97 Å². The first-order valence-electron chi connectivity index (χ1n) is 6.64. The van der Waals surface area contributed by atoms with Gasteiger partial charge in [0.1, 0.15) is 5.76 Å². The molecule has 0 fully saturated rings. The Kier molecular flexibility index (Phi) is 4.51. The van der Waals surface area contributed by atoms with Gasteiger partial charge in [0.2, 0.25) is 0 Å². The SMILES string of the molecule is CCC(NC(=O)c1cc(C)on1)(C(=O)O)c1ccc(Cl)cc1. The molecule has 0 bridgehead atoms. The number of amides is 1. The van der Waals surface area contributed by atoms with Crippen molar-refractivity contribution < 1.29 is 19.2 Å². The van der Waals surface area contributed by atoms with Crippen LogP contribution in [0.5, 0.6) is 0 Å². The largest absolute Gasteiger partial charge is 0.479 e. The zero-order valence-corrected chi connectivity index (χ0v) is 12.8. The third-order valence-corrected chi connectivity index (χ3v) is 3.67. The molecule has 1 unspecified atom stereocenters. The third kappa shape index (κ3) is 2.96. The van der Waals surface area contributed by atoms with Crippen LogP contribution in [0.1, 0.15) is 35.2 Å². The van der Waals surface area contributed by atoms with E-state index in [0.717, 1.165) is 0 Å². The van der Waals surface area contributed by atoms with Crippen LogP contribution in [0.25, 0.3) is 0 Å². The minimum atomic E-state index is -1.56. The lowest BCUT2D eigenvalue weighted by atomic mass is 9.87. The average Bonchev–Trinajstić information content (AvgIpc) is 2.92. The number of aliphatic carboxylic acids is 1. The standard InChI is InChI=1S/C15H15ClN2O4/c1-3-15(14(20)21,10-4-6-11(16)7-5-10)17-13(19)12-8-9(2)22-18-12/h4-8H,3H2,1-2H3,(H,17,19)(H,20,21). The van der Waals surface area contributed by atoms with Crippen LogP contribution >= 0.6 is 11.6 Å². The molecule has 1 aromatic carbocycles. The topological polar surface area (TPSA) is 92.4 Å². The number of hydrogen-bond donors (Lipinski definition) is 2. The van der Waals surface area contributed by atoms with Crippen molar-refractivity contribution in [1.82, 2.24) is 10.5 Å². The zero-order chi connectivity index (χ0) is 16.3. The van der Waals surface area contributed by atoms with E-state index in [0.29, 0.717) is 16.3 Å². The molecule has 0 saturated carbocycles. The highest BCUT2D eigenvalue weighted by Crippen LogP contribution is 2.27. The number of benzene rings is 1. The Morgan fingerprint density at radius 1 is 1.36 bits per heavy atom. The lowest BCUT2D eigenvalue weighted by molar-refractivity contribution is -0.145. The number of rotatable bonds is 5. The number of aryl methyl sites for hydroxylation is 1. The maximum atomic E-state index is 12.3. The fourth-order valence-corrected chi connectivity index (χ4v) is 2.28. The predicted molar refractivity (Wildman–Crippen MR) is 79.8 cm³/mol. The van der Waals surface area contributed by atoms with Gasteiger partial charge in [-0.2, -0.15) is 0 Å². The van der Waals surface area contributed by atoms with Crippen molar-refractivity contribution in [2.75, 3.05) is 0 Å². The molecule has 0 aliphatic carbocycles. The van der Waals surface area contributed by atoms with Crippen molar-refractivity contribution in [2.24, 2.45) is 0 Å². The first-order valence-corrected chi connectivity index (χ1v) is 7.02. The van der Waals surface area contributed by atoms with Crippen LogP contribution in [0, 0.1) is 6.92 Å². The Morgan fingerprint density at radius 2 is 2.00 bits per heavy atom. The highest BCUT2D eigenvalue weighted by Gasteiger charge is 2.41. The lowest BCUT2D eigenvalue weighted by Crippen LogP contribution is -2.51. The third-order valence-electron chi connectivity index (χ3n) is 3.42. The van der Waals surface area contributed by atoms with Crippen LogP contribution < -0.4 is 5.32 Å². The molecule has 2 N–H and O–H groups in total. The zero-order valence-electron chi connectivity index (χ0n) is 12.1. The van der Waals surface area contributed by atoms with Crippen molar-refractivity contribution in [3.8, 4) is 0 Å². The van der Waals surface area contributed by atoms with Gasteiger partial charge < -0.3 is 14.9 Å². The van der Waals surface area contributed by atoms with E-state index in [1.54, 1.807) is 38.1 Å². The summed E-state index contributed by atoms with van der Waals surface area (Å²) in [5.41, 5.74) is -1.10. The molecule has 1 amide bonds. The summed E-state index contributed by atoms with van der Waals surface area (Å²) < 4.78 is 4.84. The summed E-state index contributed by atoms with van der Waals surface area (Å²) in [5, 5.41) is 16.3. The molecular formula is C15H15ClN2O4. The van der Waals surface area contributed by atoms with Gasteiger partial charge in [-0.05, 0) is 31.0 Å². The summed E-state index contributed by atoms with van der Waals surface area (Å²) in [4.78, 5) is 24.1. The van der Waals surface area contributed by atoms with Gasteiger partial charge in [-0.1, -0.05) is 35.8 Å². The lowest BCUT2D eigenvalue weighted by Gasteiger charge is -2.29. The van der Waals surface area contributed by atoms with E-state index < -0.39 is 17.4 Å². The average molecular weight is 323 g/mol. The summed E-state index contributed by atoms with van der Waals surface area (Å²) in [6.45, 7) is 3.32. The van der Waals surface area contributed by atoms with Crippen molar-refractivity contribution in [2.45, 2.75) is 25.8 Å². The van der Waals surface area contributed by atoms with Gasteiger partial charge in [-0.3, -0.25) is 4.79 Å². The highest BCUT2D eigenvalue weighted by molar-refractivity contribution is 6.30. The monoisotopic (exact) mass is 322 g/mol. The van der Waals surface area contributed by atoms with Gasteiger partial charge in [0.25, 0.3) is 5.91 Å². The van der Waals surface area contributed by atoms with Gasteiger partial charge in [-0.15, -0.1) is 0 Å². The number of halogens is 1. The Morgan fingerprint density at radius 3 is 2.45 bits per heavy atom. The molecular weight excluding hydrogens is 308 g/mol. The molecule has 1 atom stereocenters. The Bertz CT molecular complexity index is 696. The highest BCUT2D eigenvalue weighted by atomic mass is 35.5. The van der Waals surface area contributed by atoms with Crippen LogP contribution in [0.4, 0.5) is 0 Å². The minimum Gasteiger partial charge on any atom is -0.479 e. The number of nitrogens with one attached hydrogen (secondary N) is 1. The van der Waals surface area contributed by atoms with E-state index in [-0.39, 0.29) is 12.1 Å². The minimum absolute atomic E-state index is 0.0329. The molecule has 7 heteroatoms. The fraction of sp³-hybridized carbons (Fsp3) is 0.267. The second-order valence-corrected chi connectivity index (χ2v) is 5.28. The Hall–Kier alpha value is -2.34. The van der Waals surface area contributed by atoms with E-state index in [9.17, 15) is 14.7 Å². The van der Waals surface area contributed by atoms with Crippen molar-refractivity contribution >= 4 is 23.5 Å². The van der Waals surface area contributed by atoms with Crippen LogP contribution in [0.15, 0.2) is 34.9 Å². The Labute approximate surface area is 132 Å². The number of carboxylic acids is 1. The van der Waals surface area contributed by atoms with Crippen LogP contribution in [0.2, 0.25) is 5.02 Å². The first-order chi connectivity index (χ1) is 10.4. The van der Waals surface area contributed by atoms with Crippen molar-refractivity contribution in [1.29, 1.82) is 0 Å². The predicted octanol–water partition coefficient (Wildman–Crippen LogP) is 2.76. The van der Waals surface area contributed by atoms with E-state index in [1.165, 1.54) is 6.07 Å². The number of carbonyl (C=O) groups excluding carboxylic acids is 1. The molecule has 1 heterocycles. The molecule has 2 aromatic rings. The molecule has 0 aliphatic rings. The molecule has 116 valence electrons.